The quantitative estimate of drug-likeness (QED) is 0.776. The molecule has 0 saturated carbocycles. The minimum absolute atomic E-state index is 0.0434. The van der Waals surface area contributed by atoms with Crippen LogP contribution in [0.5, 0.6) is 0 Å². The molecule has 1 saturated heterocycles. The van der Waals surface area contributed by atoms with Crippen LogP contribution in [0.15, 0.2) is 0 Å². The molecule has 1 aliphatic rings. The highest BCUT2D eigenvalue weighted by atomic mass is 32.2. The van der Waals surface area contributed by atoms with E-state index in [0.717, 1.165) is 0 Å². The van der Waals surface area contributed by atoms with Gasteiger partial charge in [0.05, 0.1) is 11.5 Å². The van der Waals surface area contributed by atoms with Crippen molar-refractivity contribution in [2.24, 2.45) is 11.3 Å². The second-order valence-electron chi connectivity index (χ2n) is 6.39. The molecule has 5 nitrogen and oxygen atoms in total. The predicted octanol–water partition coefficient (Wildman–Crippen LogP) is 0.562. The van der Waals surface area contributed by atoms with Gasteiger partial charge in [-0.05, 0) is 11.3 Å². The van der Waals surface area contributed by atoms with E-state index in [0.29, 0.717) is 19.0 Å². The highest BCUT2D eigenvalue weighted by molar-refractivity contribution is 7.91. The van der Waals surface area contributed by atoms with Gasteiger partial charge in [0.2, 0.25) is 5.91 Å². The molecule has 0 aromatic rings. The maximum atomic E-state index is 11.8. The number of hydrogen-bond acceptors (Lipinski definition) is 4. The number of nitrogens with one attached hydrogen (secondary N) is 2. The molecule has 1 amide bonds. The Hall–Kier alpha value is -0.620. The third-order valence-corrected chi connectivity index (χ3v) is 5.77. The summed E-state index contributed by atoms with van der Waals surface area (Å²) in [5.41, 5.74) is 0.0434. The van der Waals surface area contributed by atoms with Gasteiger partial charge in [-0.3, -0.25) is 4.79 Å². The van der Waals surface area contributed by atoms with E-state index in [2.05, 4.69) is 38.3 Å². The molecule has 19 heavy (non-hydrogen) atoms. The zero-order valence-corrected chi connectivity index (χ0v) is 13.1. The van der Waals surface area contributed by atoms with E-state index in [1.165, 1.54) is 0 Å². The van der Waals surface area contributed by atoms with Crippen LogP contribution >= 0.6 is 0 Å². The molecule has 0 bridgehead atoms. The van der Waals surface area contributed by atoms with Crippen molar-refractivity contribution in [1.82, 2.24) is 10.6 Å². The molecule has 1 unspecified atom stereocenters. The zero-order chi connectivity index (χ0) is 14.7. The van der Waals surface area contributed by atoms with Crippen LogP contribution in [0.1, 0.15) is 34.1 Å². The fraction of sp³-hybridized carbons (Fsp3) is 0.923. The molecule has 112 valence electrons. The first-order chi connectivity index (χ1) is 8.62. The van der Waals surface area contributed by atoms with Crippen LogP contribution in [0.25, 0.3) is 0 Å². The van der Waals surface area contributed by atoms with Gasteiger partial charge in [-0.1, -0.05) is 27.7 Å². The molecule has 0 radical (unpaired) electrons. The molecule has 0 aromatic heterocycles. The van der Waals surface area contributed by atoms with Gasteiger partial charge in [-0.15, -0.1) is 0 Å². The van der Waals surface area contributed by atoms with Gasteiger partial charge in [-0.25, -0.2) is 8.42 Å². The summed E-state index contributed by atoms with van der Waals surface area (Å²) >= 11 is 0. The molecule has 0 aromatic carbocycles. The smallest absolute Gasteiger partial charge is 0.221 e. The molecule has 1 aliphatic heterocycles. The maximum absolute atomic E-state index is 11.8. The Labute approximate surface area is 116 Å². The molecule has 0 spiro atoms. The van der Waals surface area contributed by atoms with Crippen molar-refractivity contribution in [3.8, 4) is 0 Å². The monoisotopic (exact) mass is 290 g/mol. The number of hydrogen-bond donors (Lipinski definition) is 2. The first-order valence-corrected chi connectivity index (χ1v) is 8.65. The summed E-state index contributed by atoms with van der Waals surface area (Å²) in [5.74, 6) is 0.628. The van der Waals surface area contributed by atoms with Gasteiger partial charge >= 0.3 is 0 Å². The summed E-state index contributed by atoms with van der Waals surface area (Å²) in [6.45, 7) is 9.53. The normalized spacial score (nSPS) is 23.3. The molecule has 1 rings (SSSR count). The van der Waals surface area contributed by atoms with Crippen molar-refractivity contribution < 1.29 is 13.2 Å². The van der Waals surface area contributed by atoms with Crippen molar-refractivity contribution >= 4 is 15.7 Å². The second-order valence-corrected chi connectivity index (χ2v) is 8.62. The average Bonchev–Trinajstić information content (AvgIpc) is 2.25. The van der Waals surface area contributed by atoms with Crippen LogP contribution in [-0.4, -0.2) is 45.0 Å². The Kier molecular flexibility index (Phi) is 5.38. The van der Waals surface area contributed by atoms with E-state index in [9.17, 15) is 13.2 Å². The highest BCUT2D eigenvalue weighted by Gasteiger charge is 2.27. The molecule has 0 aliphatic carbocycles. The Balaban J connectivity index is 2.40. The number of carbonyl (C=O) groups is 1. The van der Waals surface area contributed by atoms with Crippen LogP contribution in [-0.2, 0) is 14.6 Å². The summed E-state index contributed by atoms with van der Waals surface area (Å²) in [7, 11) is -2.98. The Morgan fingerprint density at radius 1 is 1.42 bits per heavy atom. The number of rotatable bonds is 5. The van der Waals surface area contributed by atoms with E-state index in [4.69, 9.17) is 0 Å². The molecular formula is C13H26N2O3S. The minimum Gasteiger partial charge on any atom is -0.356 e. The molecule has 1 fully saturated rings. The third-order valence-electron chi connectivity index (χ3n) is 4.04. The Morgan fingerprint density at radius 3 is 2.58 bits per heavy atom. The van der Waals surface area contributed by atoms with Crippen LogP contribution < -0.4 is 10.6 Å². The van der Waals surface area contributed by atoms with Crippen molar-refractivity contribution in [2.75, 3.05) is 24.6 Å². The van der Waals surface area contributed by atoms with Crippen molar-refractivity contribution in [2.45, 2.75) is 40.2 Å². The average molecular weight is 290 g/mol. The van der Waals surface area contributed by atoms with Crippen molar-refractivity contribution in [1.29, 1.82) is 0 Å². The fourth-order valence-corrected chi connectivity index (χ4v) is 3.27. The molecule has 2 N–H and O–H groups in total. The number of carbonyl (C=O) groups excluding carboxylic acids is 1. The van der Waals surface area contributed by atoms with Crippen molar-refractivity contribution in [3.05, 3.63) is 0 Å². The fourth-order valence-electron chi connectivity index (χ4n) is 1.82. The lowest BCUT2D eigenvalue weighted by atomic mass is 9.81. The van der Waals surface area contributed by atoms with Gasteiger partial charge in [0.15, 0.2) is 9.84 Å². The summed E-state index contributed by atoms with van der Waals surface area (Å²) in [6.07, 6.45) is 0.230. The summed E-state index contributed by atoms with van der Waals surface area (Å²) in [6, 6.07) is -0.249. The lowest BCUT2D eigenvalue weighted by molar-refractivity contribution is -0.122. The molecule has 1 heterocycles. The van der Waals surface area contributed by atoms with Gasteiger partial charge in [-0.2, -0.15) is 0 Å². The van der Waals surface area contributed by atoms with E-state index < -0.39 is 9.84 Å². The first-order valence-electron chi connectivity index (χ1n) is 6.83. The lowest BCUT2D eigenvalue weighted by Crippen LogP contribution is -2.48. The Bertz CT molecular complexity index is 416. The van der Waals surface area contributed by atoms with Crippen LogP contribution in [0.2, 0.25) is 0 Å². The van der Waals surface area contributed by atoms with Gasteiger partial charge in [0.1, 0.15) is 0 Å². The number of amides is 1. The van der Waals surface area contributed by atoms with Crippen LogP contribution in [0.3, 0.4) is 0 Å². The number of sulfone groups is 1. The summed E-state index contributed by atoms with van der Waals surface area (Å²) in [5, 5.41) is 5.99. The van der Waals surface area contributed by atoms with Gasteiger partial charge < -0.3 is 10.6 Å². The van der Waals surface area contributed by atoms with Gasteiger partial charge in [0.25, 0.3) is 0 Å². The van der Waals surface area contributed by atoms with Crippen molar-refractivity contribution in [3.63, 3.8) is 0 Å². The predicted molar refractivity (Wildman–Crippen MR) is 76.7 cm³/mol. The second kappa shape index (κ2) is 6.22. The lowest BCUT2D eigenvalue weighted by Gasteiger charge is -2.30. The van der Waals surface area contributed by atoms with E-state index in [1.54, 1.807) is 0 Å². The van der Waals surface area contributed by atoms with E-state index in [1.807, 2.05) is 0 Å². The summed E-state index contributed by atoms with van der Waals surface area (Å²) in [4.78, 5) is 11.8. The van der Waals surface area contributed by atoms with Crippen LogP contribution in [0, 0.1) is 11.3 Å². The molecule has 6 heteroatoms. The van der Waals surface area contributed by atoms with Crippen LogP contribution in [0.4, 0.5) is 0 Å². The Morgan fingerprint density at radius 2 is 2.05 bits per heavy atom. The molecular weight excluding hydrogens is 264 g/mol. The first kappa shape index (κ1) is 16.4. The van der Waals surface area contributed by atoms with E-state index in [-0.39, 0.29) is 35.3 Å². The largest absolute Gasteiger partial charge is 0.356 e. The zero-order valence-electron chi connectivity index (χ0n) is 12.3. The highest BCUT2D eigenvalue weighted by Crippen LogP contribution is 2.24. The third kappa shape index (κ3) is 5.48. The van der Waals surface area contributed by atoms with E-state index >= 15 is 0 Å². The minimum atomic E-state index is -2.98. The molecule has 1 atom stereocenters. The SMILES string of the molecule is CC(C)C(C)(C)CNC(=O)CC1CS(=O)(=O)CCN1. The van der Waals surface area contributed by atoms with Gasteiger partial charge in [0, 0.05) is 25.6 Å². The topological polar surface area (TPSA) is 75.3 Å². The summed E-state index contributed by atoms with van der Waals surface area (Å²) < 4.78 is 23.0. The standard InChI is InChI=1S/C13H26N2O3S/c1-10(2)13(3,4)9-15-12(16)7-11-8-19(17,18)6-5-14-11/h10-11,14H,5-9H2,1-4H3,(H,15,16). The maximum Gasteiger partial charge on any atom is 0.221 e.